The predicted octanol–water partition coefficient (Wildman–Crippen LogP) is -0.708. The summed E-state index contributed by atoms with van der Waals surface area (Å²) >= 11 is 0. The zero-order valence-corrected chi connectivity index (χ0v) is 3.22. The minimum absolute atomic E-state index is 0. The Kier molecular flexibility index (Phi) is 1.81. The van der Waals surface area contributed by atoms with Gasteiger partial charge in [0.2, 0.25) is 0 Å². The van der Waals surface area contributed by atoms with Gasteiger partial charge in [-0.1, -0.05) is 7.43 Å². The van der Waals surface area contributed by atoms with Crippen LogP contribution in [-0.2, 0) is 0 Å². The van der Waals surface area contributed by atoms with Crippen molar-refractivity contribution in [2.45, 2.75) is 7.43 Å². The van der Waals surface area contributed by atoms with Crippen molar-refractivity contribution in [1.29, 1.82) is 0 Å². The molecule has 0 spiro atoms. The minimum Gasteiger partial charge on any atom is -0.290 e. The Balaban J connectivity index is 0.000000490. The van der Waals surface area contributed by atoms with E-state index in [4.69, 9.17) is 0 Å². The molecular weight excluding hydrogens is 112 g/mol. The number of aromatic nitrogens is 2. The highest BCUT2D eigenvalue weighted by molar-refractivity contribution is 4.62. The summed E-state index contributed by atoms with van der Waals surface area (Å²) < 4.78 is 3.97. The average Bonchev–Trinajstić information content (AvgIpc) is 1.91. The van der Waals surface area contributed by atoms with Gasteiger partial charge < -0.3 is 0 Å². The summed E-state index contributed by atoms with van der Waals surface area (Å²) in [5.74, 6) is 0. The zero-order chi connectivity index (χ0) is 5.28. The Morgan fingerprint density at radius 1 is 1.12 bits per heavy atom. The Labute approximate surface area is 44.3 Å². The molecule has 0 bridgehead atoms. The third-order valence-electron chi connectivity index (χ3n) is 0.494. The van der Waals surface area contributed by atoms with Gasteiger partial charge >= 0.3 is 11.1 Å². The molecule has 5 nitrogen and oxygen atoms in total. The summed E-state index contributed by atoms with van der Waals surface area (Å²) in [6.07, 6.45) is 0. The van der Waals surface area contributed by atoms with Gasteiger partial charge in [0.15, 0.2) is 0 Å². The first-order chi connectivity index (χ1) is 3.30. The van der Waals surface area contributed by atoms with Gasteiger partial charge in [-0.05, 0) is 0 Å². The molecule has 0 unspecified atom stereocenters. The average molecular weight is 118 g/mol. The second-order valence-corrected chi connectivity index (χ2v) is 0.964. The van der Waals surface area contributed by atoms with E-state index >= 15 is 0 Å². The molecule has 2 N–H and O–H groups in total. The predicted molar refractivity (Wildman–Crippen MR) is 26.7 cm³/mol. The summed E-state index contributed by atoms with van der Waals surface area (Å²) in [5.41, 5.74) is -1.53. The fourth-order valence-electron chi connectivity index (χ4n) is 0.211. The molecule has 1 rings (SSSR count). The van der Waals surface area contributed by atoms with Crippen LogP contribution in [0.3, 0.4) is 0 Å². The summed E-state index contributed by atoms with van der Waals surface area (Å²) in [7, 11) is 0. The first kappa shape index (κ1) is 6.74. The Morgan fingerprint density at radius 2 is 1.50 bits per heavy atom. The van der Waals surface area contributed by atoms with E-state index in [0.29, 0.717) is 0 Å². The Bertz CT molecular complexity index is 217. The molecule has 0 aliphatic carbocycles. The third-order valence-corrected chi connectivity index (χ3v) is 0.494. The lowest BCUT2D eigenvalue weighted by Crippen LogP contribution is -2.20. The SMILES string of the molecule is C.O=c1[nH]o[nH]c1=O. The largest absolute Gasteiger partial charge is 0.346 e. The molecule has 0 atom stereocenters. The van der Waals surface area contributed by atoms with E-state index in [1.807, 2.05) is 0 Å². The van der Waals surface area contributed by atoms with E-state index in [2.05, 4.69) is 4.63 Å². The molecular formula is C3H6N2O3. The molecule has 0 aliphatic rings. The van der Waals surface area contributed by atoms with Crippen molar-refractivity contribution in [3.05, 3.63) is 20.7 Å². The van der Waals surface area contributed by atoms with Crippen LogP contribution in [0.15, 0.2) is 14.2 Å². The molecule has 1 aromatic rings. The highest BCUT2D eigenvalue weighted by atomic mass is 16.6. The number of hydrogen-bond donors (Lipinski definition) is 2. The van der Waals surface area contributed by atoms with Crippen molar-refractivity contribution in [2.75, 3.05) is 0 Å². The molecule has 8 heavy (non-hydrogen) atoms. The van der Waals surface area contributed by atoms with Crippen molar-refractivity contribution in [3.8, 4) is 0 Å². The van der Waals surface area contributed by atoms with Crippen LogP contribution in [0.25, 0.3) is 0 Å². The van der Waals surface area contributed by atoms with Crippen molar-refractivity contribution in [2.24, 2.45) is 0 Å². The molecule has 0 aromatic carbocycles. The van der Waals surface area contributed by atoms with Crippen molar-refractivity contribution in [1.82, 2.24) is 10.3 Å². The van der Waals surface area contributed by atoms with Crippen molar-refractivity contribution in [3.63, 3.8) is 0 Å². The molecule has 5 heteroatoms. The smallest absolute Gasteiger partial charge is 0.290 e. The van der Waals surface area contributed by atoms with Crippen LogP contribution in [-0.4, -0.2) is 10.3 Å². The number of rotatable bonds is 0. The van der Waals surface area contributed by atoms with Crippen LogP contribution in [0, 0.1) is 0 Å². The van der Waals surface area contributed by atoms with Crippen molar-refractivity contribution >= 4 is 0 Å². The van der Waals surface area contributed by atoms with E-state index in [1.54, 1.807) is 10.3 Å². The van der Waals surface area contributed by atoms with Gasteiger partial charge in [0, 0.05) is 0 Å². The van der Waals surface area contributed by atoms with Gasteiger partial charge in [-0.25, -0.2) is 0 Å². The highest BCUT2D eigenvalue weighted by Gasteiger charge is 1.87. The lowest BCUT2D eigenvalue weighted by Gasteiger charge is -1.53. The van der Waals surface area contributed by atoms with E-state index < -0.39 is 11.1 Å². The second kappa shape index (κ2) is 2.15. The Hall–Kier alpha value is -1.26. The van der Waals surface area contributed by atoms with E-state index in [-0.39, 0.29) is 7.43 Å². The number of nitrogens with one attached hydrogen (secondary N) is 2. The van der Waals surface area contributed by atoms with E-state index in [0.717, 1.165) is 0 Å². The zero-order valence-electron chi connectivity index (χ0n) is 3.22. The maximum Gasteiger partial charge on any atom is 0.346 e. The Morgan fingerprint density at radius 3 is 1.62 bits per heavy atom. The van der Waals surface area contributed by atoms with Gasteiger partial charge in [0.05, 0.1) is 0 Å². The summed E-state index contributed by atoms with van der Waals surface area (Å²) in [6, 6.07) is 0. The lowest BCUT2D eigenvalue weighted by atomic mass is 10.9. The van der Waals surface area contributed by atoms with Crippen LogP contribution in [0.5, 0.6) is 0 Å². The monoisotopic (exact) mass is 118 g/mol. The number of H-pyrrole nitrogens is 2. The molecule has 46 valence electrons. The van der Waals surface area contributed by atoms with E-state index in [1.165, 1.54) is 0 Å². The molecule has 0 saturated carbocycles. The standard InChI is InChI=1S/C2H2N2O3.CH4/c5-1-2(6)4-7-3-1;/h(H,3,5)(H,4,6);1H4. The molecule has 1 aromatic heterocycles. The topological polar surface area (TPSA) is 78.9 Å². The molecule has 0 amide bonds. The minimum atomic E-state index is -0.764. The first-order valence-electron chi connectivity index (χ1n) is 1.57. The molecule has 0 radical (unpaired) electrons. The van der Waals surface area contributed by atoms with Gasteiger partial charge in [-0.15, -0.1) is 0 Å². The third kappa shape index (κ3) is 0.868. The second-order valence-electron chi connectivity index (χ2n) is 0.964. The quantitative estimate of drug-likeness (QED) is 0.442. The molecule has 1 heterocycles. The lowest BCUT2D eigenvalue weighted by molar-refractivity contribution is 0.301. The summed E-state index contributed by atoms with van der Waals surface area (Å²) in [6.45, 7) is 0. The summed E-state index contributed by atoms with van der Waals surface area (Å²) in [4.78, 5) is 19.9. The molecule has 0 saturated heterocycles. The highest BCUT2D eigenvalue weighted by Crippen LogP contribution is 1.41. The van der Waals surface area contributed by atoms with Crippen molar-refractivity contribution < 1.29 is 4.63 Å². The molecule has 0 aliphatic heterocycles. The van der Waals surface area contributed by atoms with E-state index in [9.17, 15) is 9.59 Å². The van der Waals surface area contributed by atoms with Crippen LogP contribution in [0.4, 0.5) is 0 Å². The summed E-state index contributed by atoms with van der Waals surface area (Å²) in [5, 5.41) is 3.54. The van der Waals surface area contributed by atoms with Crippen LogP contribution >= 0.6 is 0 Å². The van der Waals surface area contributed by atoms with Gasteiger partial charge in [-0.3, -0.25) is 14.2 Å². The maximum atomic E-state index is 9.93. The van der Waals surface area contributed by atoms with Gasteiger partial charge in [-0.2, -0.15) is 10.3 Å². The molecule has 0 fully saturated rings. The first-order valence-corrected chi connectivity index (χ1v) is 1.57. The number of aromatic amines is 2. The normalized spacial score (nSPS) is 8.00. The van der Waals surface area contributed by atoms with Crippen LogP contribution in [0.2, 0.25) is 0 Å². The maximum absolute atomic E-state index is 9.93. The number of hydrogen-bond acceptors (Lipinski definition) is 3. The van der Waals surface area contributed by atoms with Gasteiger partial charge in [0.1, 0.15) is 0 Å². The van der Waals surface area contributed by atoms with Crippen LogP contribution in [0.1, 0.15) is 7.43 Å². The fraction of sp³-hybridized carbons (Fsp3) is 0.333. The fourth-order valence-corrected chi connectivity index (χ4v) is 0.211. The van der Waals surface area contributed by atoms with Crippen LogP contribution < -0.4 is 11.1 Å². The van der Waals surface area contributed by atoms with Gasteiger partial charge in [0.25, 0.3) is 0 Å².